The van der Waals surface area contributed by atoms with Gasteiger partial charge in [-0.05, 0) is 18.3 Å². The maximum atomic E-state index is 12.6. The molecule has 0 bridgehead atoms. The first-order valence-corrected chi connectivity index (χ1v) is 6.04. The molecule has 0 aliphatic heterocycles. The van der Waals surface area contributed by atoms with E-state index in [2.05, 4.69) is 0 Å². The van der Waals surface area contributed by atoms with E-state index in [0.29, 0.717) is 0 Å². The first-order valence-electron chi connectivity index (χ1n) is 6.04. The van der Waals surface area contributed by atoms with Gasteiger partial charge in [0.2, 0.25) is 0 Å². The molecule has 0 amide bonds. The van der Waals surface area contributed by atoms with Gasteiger partial charge < -0.3 is 10.5 Å². The van der Waals surface area contributed by atoms with Crippen molar-refractivity contribution in [2.45, 2.75) is 46.3 Å². The van der Waals surface area contributed by atoms with E-state index in [1.165, 1.54) is 0 Å². The van der Waals surface area contributed by atoms with Crippen molar-refractivity contribution >= 4 is 5.97 Å². The number of esters is 1. The van der Waals surface area contributed by atoms with Crippen LogP contribution < -0.4 is 5.73 Å². The monoisotopic (exact) mass is 269 g/mol. The van der Waals surface area contributed by atoms with Gasteiger partial charge in [0, 0.05) is 0 Å². The first kappa shape index (κ1) is 17.2. The summed E-state index contributed by atoms with van der Waals surface area (Å²) in [7, 11) is 0. The molecule has 108 valence electrons. The van der Waals surface area contributed by atoms with Crippen molar-refractivity contribution in [3.63, 3.8) is 0 Å². The van der Waals surface area contributed by atoms with Gasteiger partial charge in [-0.3, -0.25) is 4.79 Å². The van der Waals surface area contributed by atoms with Gasteiger partial charge in [-0.1, -0.05) is 27.7 Å². The topological polar surface area (TPSA) is 52.3 Å². The van der Waals surface area contributed by atoms with Gasteiger partial charge in [0.15, 0.2) is 0 Å². The van der Waals surface area contributed by atoms with Gasteiger partial charge >= 0.3 is 12.1 Å². The summed E-state index contributed by atoms with van der Waals surface area (Å²) in [6, 6.07) is -2.17. The molecule has 0 aliphatic carbocycles. The summed E-state index contributed by atoms with van der Waals surface area (Å²) in [5.74, 6) is -2.17. The average Bonchev–Trinajstić information content (AvgIpc) is 2.19. The van der Waals surface area contributed by atoms with Crippen molar-refractivity contribution in [1.29, 1.82) is 0 Å². The van der Waals surface area contributed by atoms with E-state index in [4.69, 9.17) is 10.5 Å². The van der Waals surface area contributed by atoms with E-state index in [9.17, 15) is 18.0 Å². The molecule has 0 aliphatic rings. The molecule has 0 radical (unpaired) electrons. The van der Waals surface area contributed by atoms with Crippen LogP contribution in [0.15, 0.2) is 0 Å². The average molecular weight is 269 g/mol. The Kier molecular flexibility index (Phi) is 6.67. The summed E-state index contributed by atoms with van der Waals surface area (Å²) in [4.78, 5) is 11.7. The normalized spacial score (nSPS) is 15.9. The van der Waals surface area contributed by atoms with Gasteiger partial charge in [-0.15, -0.1) is 0 Å². The minimum Gasteiger partial charge on any atom is -0.465 e. The third-order valence-electron chi connectivity index (χ3n) is 2.40. The van der Waals surface area contributed by atoms with Gasteiger partial charge in [-0.25, -0.2) is 0 Å². The Labute approximate surface area is 106 Å². The number of nitrogens with two attached hydrogens (primary N) is 1. The largest absolute Gasteiger partial charge is 0.465 e. The van der Waals surface area contributed by atoms with Crippen LogP contribution in [0.1, 0.15) is 34.1 Å². The fourth-order valence-corrected chi connectivity index (χ4v) is 1.48. The van der Waals surface area contributed by atoms with Crippen molar-refractivity contribution in [2.24, 2.45) is 23.5 Å². The molecule has 0 aromatic rings. The SMILES string of the molecule is CC(C)COC(=O)[C@@H](CC(C)C)[C@H](N)C(F)(F)F. The predicted molar refractivity (Wildman–Crippen MR) is 62.8 cm³/mol. The maximum Gasteiger partial charge on any atom is 0.404 e. The molecule has 0 aromatic heterocycles. The number of halogens is 3. The molecular weight excluding hydrogens is 247 g/mol. The van der Waals surface area contributed by atoms with Crippen molar-refractivity contribution in [3.8, 4) is 0 Å². The molecule has 0 fully saturated rings. The van der Waals surface area contributed by atoms with Crippen LogP contribution in [0.2, 0.25) is 0 Å². The zero-order valence-corrected chi connectivity index (χ0v) is 11.3. The van der Waals surface area contributed by atoms with Gasteiger partial charge in [0.1, 0.15) is 6.04 Å². The number of hydrogen-bond donors (Lipinski definition) is 1. The van der Waals surface area contributed by atoms with Crippen molar-refractivity contribution in [1.82, 2.24) is 0 Å². The third-order valence-corrected chi connectivity index (χ3v) is 2.40. The smallest absolute Gasteiger partial charge is 0.404 e. The molecule has 6 heteroatoms. The lowest BCUT2D eigenvalue weighted by Crippen LogP contribution is -2.48. The van der Waals surface area contributed by atoms with E-state index < -0.39 is 24.1 Å². The Morgan fingerprint density at radius 1 is 1.17 bits per heavy atom. The molecule has 3 nitrogen and oxygen atoms in total. The highest BCUT2D eigenvalue weighted by atomic mass is 19.4. The molecule has 0 spiro atoms. The first-order chi connectivity index (χ1) is 8.05. The van der Waals surface area contributed by atoms with Gasteiger partial charge in [0.25, 0.3) is 0 Å². The Morgan fingerprint density at radius 2 is 1.67 bits per heavy atom. The second kappa shape index (κ2) is 6.97. The van der Waals surface area contributed by atoms with E-state index >= 15 is 0 Å². The van der Waals surface area contributed by atoms with Gasteiger partial charge in [-0.2, -0.15) is 13.2 Å². The number of carbonyl (C=O) groups excluding carboxylic acids is 1. The lowest BCUT2D eigenvalue weighted by molar-refractivity contribution is -0.178. The molecule has 0 aromatic carbocycles. The van der Waals surface area contributed by atoms with Crippen LogP contribution in [0, 0.1) is 17.8 Å². The van der Waals surface area contributed by atoms with E-state index in [1.807, 2.05) is 13.8 Å². The summed E-state index contributed by atoms with van der Waals surface area (Å²) in [6.45, 7) is 7.22. The minimum absolute atomic E-state index is 0.0602. The second-order valence-electron chi connectivity index (χ2n) is 5.33. The zero-order valence-electron chi connectivity index (χ0n) is 11.3. The van der Waals surface area contributed by atoms with Gasteiger partial charge in [0.05, 0.1) is 12.5 Å². The quantitative estimate of drug-likeness (QED) is 0.754. The van der Waals surface area contributed by atoms with Crippen LogP contribution >= 0.6 is 0 Å². The molecule has 18 heavy (non-hydrogen) atoms. The number of ether oxygens (including phenoxy) is 1. The Hall–Kier alpha value is -0.780. The maximum absolute atomic E-state index is 12.6. The fourth-order valence-electron chi connectivity index (χ4n) is 1.48. The Morgan fingerprint density at radius 3 is 2.00 bits per heavy atom. The summed E-state index contributed by atoms with van der Waals surface area (Å²) < 4.78 is 42.6. The standard InChI is InChI=1S/C12H22F3NO2/c1-7(2)5-9(10(16)12(13,14)15)11(17)18-6-8(3)4/h7-10H,5-6,16H2,1-4H3/t9-,10-/m0/s1. The highest BCUT2D eigenvalue weighted by molar-refractivity contribution is 5.73. The number of carbonyl (C=O) groups is 1. The predicted octanol–water partition coefficient (Wildman–Crippen LogP) is 2.74. The van der Waals surface area contributed by atoms with Crippen LogP contribution in [-0.4, -0.2) is 24.8 Å². The number of hydrogen-bond acceptors (Lipinski definition) is 3. The third kappa shape index (κ3) is 6.23. The molecule has 0 unspecified atom stereocenters. The van der Waals surface area contributed by atoms with Crippen LogP contribution in [0.4, 0.5) is 13.2 Å². The minimum atomic E-state index is -4.59. The molecule has 2 atom stereocenters. The molecule has 0 rings (SSSR count). The van der Waals surface area contributed by atoms with E-state index in [-0.39, 0.29) is 24.9 Å². The zero-order chi connectivity index (χ0) is 14.5. The number of alkyl halides is 3. The Balaban J connectivity index is 4.72. The molecular formula is C12H22F3NO2. The summed E-state index contributed by atoms with van der Waals surface area (Å²) in [5, 5.41) is 0. The van der Waals surface area contributed by atoms with E-state index in [0.717, 1.165) is 0 Å². The van der Waals surface area contributed by atoms with Crippen LogP contribution in [-0.2, 0) is 9.53 Å². The number of rotatable bonds is 6. The molecule has 0 saturated heterocycles. The van der Waals surface area contributed by atoms with E-state index in [1.54, 1.807) is 13.8 Å². The van der Waals surface area contributed by atoms with Crippen LogP contribution in [0.3, 0.4) is 0 Å². The highest BCUT2D eigenvalue weighted by Crippen LogP contribution is 2.28. The summed E-state index contributed by atoms with van der Waals surface area (Å²) in [6.07, 6.45) is -4.52. The lowest BCUT2D eigenvalue weighted by atomic mass is 9.90. The summed E-state index contributed by atoms with van der Waals surface area (Å²) >= 11 is 0. The van der Waals surface area contributed by atoms with Crippen molar-refractivity contribution in [2.75, 3.05) is 6.61 Å². The molecule has 0 saturated carbocycles. The van der Waals surface area contributed by atoms with Crippen molar-refractivity contribution < 1.29 is 22.7 Å². The second-order valence-corrected chi connectivity index (χ2v) is 5.33. The molecule has 2 N–H and O–H groups in total. The van der Waals surface area contributed by atoms with Crippen LogP contribution in [0.5, 0.6) is 0 Å². The Bertz CT molecular complexity index is 265. The lowest BCUT2D eigenvalue weighted by Gasteiger charge is -2.26. The molecule has 0 heterocycles. The summed E-state index contributed by atoms with van der Waals surface area (Å²) in [5.41, 5.74) is 5.12. The highest BCUT2D eigenvalue weighted by Gasteiger charge is 2.45. The van der Waals surface area contributed by atoms with Crippen molar-refractivity contribution in [3.05, 3.63) is 0 Å². The van der Waals surface area contributed by atoms with Crippen LogP contribution in [0.25, 0.3) is 0 Å². The fraction of sp³-hybridized carbons (Fsp3) is 0.917.